The van der Waals surface area contributed by atoms with E-state index >= 15 is 0 Å². The van der Waals surface area contributed by atoms with Gasteiger partial charge in [-0.1, -0.05) is 45.4 Å². The van der Waals surface area contributed by atoms with Crippen LogP contribution in [0.3, 0.4) is 0 Å². The lowest BCUT2D eigenvalue weighted by atomic mass is 10.1. The van der Waals surface area contributed by atoms with Gasteiger partial charge in [0.25, 0.3) is 0 Å². The molecule has 0 aromatic carbocycles. The first-order valence-electron chi connectivity index (χ1n) is 5.43. The number of hydrogen-bond donors (Lipinski definition) is 1. The van der Waals surface area contributed by atoms with Crippen molar-refractivity contribution in [2.24, 2.45) is 5.73 Å². The molecule has 0 spiro atoms. The van der Waals surface area contributed by atoms with Crippen LogP contribution in [0, 0.1) is 6.42 Å². The van der Waals surface area contributed by atoms with Gasteiger partial charge in [0, 0.05) is 0 Å². The Morgan fingerprint density at radius 1 is 0.917 bits per heavy atom. The van der Waals surface area contributed by atoms with Gasteiger partial charge in [0.2, 0.25) is 0 Å². The molecule has 1 nitrogen and oxygen atoms in total. The van der Waals surface area contributed by atoms with E-state index in [-0.39, 0.29) is 0 Å². The fourth-order valence-electron chi connectivity index (χ4n) is 1.30. The molecule has 12 heavy (non-hydrogen) atoms. The van der Waals surface area contributed by atoms with E-state index in [0.29, 0.717) is 0 Å². The molecule has 0 unspecified atom stereocenters. The van der Waals surface area contributed by atoms with Crippen molar-refractivity contribution >= 4 is 0 Å². The number of hydrogen-bond acceptors (Lipinski definition) is 1. The van der Waals surface area contributed by atoms with Crippen molar-refractivity contribution in [2.75, 3.05) is 6.54 Å². The first-order valence-corrected chi connectivity index (χ1v) is 5.43. The van der Waals surface area contributed by atoms with E-state index in [1.807, 2.05) is 0 Å². The highest BCUT2D eigenvalue weighted by Crippen LogP contribution is 2.08. The molecule has 2 N–H and O–H groups in total. The Bertz CT molecular complexity index is 61.4. The molecular formula is C11H24N. The molecule has 0 aliphatic rings. The van der Waals surface area contributed by atoms with E-state index in [0.717, 1.165) is 13.0 Å². The average Bonchev–Trinajstić information content (AvgIpc) is 2.10. The molecule has 0 aliphatic carbocycles. The van der Waals surface area contributed by atoms with Gasteiger partial charge in [-0.2, -0.15) is 0 Å². The standard InChI is InChI=1S/C11H24N/c1-2-3-4-5-6-7-8-9-10-11-12/h8H,2-7,9-12H2,1H3. The van der Waals surface area contributed by atoms with Crippen LogP contribution in [0.25, 0.3) is 0 Å². The van der Waals surface area contributed by atoms with Crippen LogP contribution >= 0.6 is 0 Å². The molecule has 0 amide bonds. The summed E-state index contributed by atoms with van der Waals surface area (Å²) in [6.45, 7) is 3.10. The minimum Gasteiger partial charge on any atom is -0.330 e. The van der Waals surface area contributed by atoms with E-state index in [1.54, 1.807) is 0 Å². The Kier molecular flexibility index (Phi) is 10.9. The zero-order chi connectivity index (χ0) is 9.07. The molecule has 0 saturated carbocycles. The lowest BCUT2D eigenvalue weighted by Gasteiger charge is -1.99. The van der Waals surface area contributed by atoms with E-state index < -0.39 is 0 Å². The Balaban J connectivity index is 2.73. The highest BCUT2D eigenvalue weighted by Gasteiger charge is 1.90. The minimum absolute atomic E-state index is 0.840. The second-order valence-electron chi connectivity index (χ2n) is 3.42. The molecule has 73 valence electrons. The Labute approximate surface area is 77.7 Å². The maximum Gasteiger partial charge on any atom is -0.00772 e. The normalized spacial score (nSPS) is 10.5. The predicted octanol–water partition coefficient (Wildman–Crippen LogP) is 3.29. The number of nitrogens with two attached hydrogens (primary N) is 1. The lowest BCUT2D eigenvalue weighted by molar-refractivity contribution is 0.619. The van der Waals surface area contributed by atoms with Crippen LogP contribution in [0.2, 0.25) is 0 Å². The molecule has 1 radical (unpaired) electrons. The molecule has 0 bridgehead atoms. The Morgan fingerprint density at radius 2 is 1.58 bits per heavy atom. The monoisotopic (exact) mass is 170 g/mol. The summed E-state index contributed by atoms with van der Waals surface area (Å²) in [5.41, 5.74) is 5.39. The lowest BCUT2D eigenvalue weighted by Crippen LogP contribution is -1.97. The summed E-state index contributed by atoms with van der Waals surface area (Å²) in [6.07, 6.45) is 13.0. The summed E-state index contributed by atoms with van der Waals surface area (Å²) in [5, 5.41) is 0. The van der Waals surface area contributed by atoms with E-state index in [2.05, 4.69) is 13.3 Å². The van der Waals surface area contributed by atoms with Crippen molar-refractivity contribution in [3.8, 4) is 0 Å². The Hall–Kier alpha value is -0.0400. The van der Waals surface area contributed by atoms with Gasteiger partial charge in [-0.3, -0.25) is 0 Å². The second kappa shape index (κ2) is 11.0. The summed E-state index contributed by atoms with van der Waals surface area (Å²) in [4.78, 5) is 0. The van der Waals surface area contributed by atoms with Crippen molar-refractivity contribution in [1.82, 2.24) is 0 Å². The second-order valence-corrected chi connectivity index (χ2v) is 3.42. The largest absolute Gasteiger partial charge is 0.330 e. The third kappa shape index (κ3) is 9.96. The van der Waals surface area contributed by atoms with Gasteiger partial charge in [0.05, 0.1) is 0 Å². The van der Waals surface area contributed by atoms with Crippen LogP contribution in [0.5, 0.6) is 0 Å². The number of unbranched alkanes of at least 4 members (excludes halogenated alkanes) is 8. The maximum absolute atomic E-state index is 5.39. The summed E-state index contributed by atoms with van der Waals surface area (Å²) in [6, 6.07) is 0. The molecule has 0 atom stereocenters. The highest BCUT2D eigenvalue weighted by atomic mass is 14.5. The molecule has 0 heterocycles. The summed E-state index contributed by atoms with van der Waals surface area (Å²) in [5.74, 6) is 0. The quantitative estimate of drug-likeness (QED) is 0.528. The van der Waals surface area contributed by atoms with Crippen molar-refractivity contribution in [2.45, 2.75) is 58.3 Å². The van der Waals surface area contributed by atoms with Gasteiger partial charge in [-0.05, 0) is 25.8 Å². The number of rotatable bonds is 9. The van der Waals surface area contributed by atoms with Crippen LogP contribution in [-0.4, -0.2) is 6.54 Å². The molecule has 0 saturated heterocycles. The average molecular weight is 170 g/mol. The van der Waals surface area contributed by atoms with E-state index in [9.17, 15) is 0 Å². The van der Waals surface area contributed by atoms with Crippen LogP contribution in [0.15, 0.2) is 0 Å². The molecule has 0 fully saturated rings. The Morgan fingerprint density at radius 3 is 2.25 bits per heavy atom. The van der Waals surface area contributed by atoms with Crippen LogP contribution < -0.4 is 5.73 Å². The highest BCUT2D eigenvalue weighted by molar-refractivity contribution is 4.64. The van der Waals surface area contributed by atoms with Gasteiger partial charge >= 0.3 is 0 Å². The predicted molar refractivity (Wildman–Crippen MR) is 56.0 cm³/mol. The first-order chi connectivity index (χ1) is 5.91. The summed E-state index contributed by atoms with van der Waals surface area (Å²) in [7, 11) is 0. The summed E-state index contributed by atoms with van der Waals surface area (Å²) < 4.78 is 0. The van der Waals surface area contributed by atoms with Crippen molar-refractivity contribution in [3.05, 3.63) is 6.42 Å². The molecule has 0 aromatic heterocycles. The van der Waals surface area contributed by atoms with Crippen molar-refractivity contribution in [3.63, 3.8) is 0 Å². The van der Waals surface area contributed by atoms with Gasteiger partial charge in [0.1, 0.15) is 0 Å². The molecule has 0 aliphatic heterocycles. The van der Waals surface area contributed by atoms with E-state index in [1.165, 1.54) is 44.9 Å². The molecular weight excluding hydrogens is 146 g/mol. The first kappa shape index (κ1) is 12.0. The van der Waals surface area contributed by atoms with Gasteiger partial charge < -0.3 is 5.73 Å². The van der Waals surface area contributed by atoms with Gasteiger partial charge in [-0.25, -0.2) is 0 Å². The fourth-order valence-corrected chi connectivity index (χ4v) is 1.30. The third-order valence-electron chi connectivity index (χ3n) is 2.12. The van der Waals surface area contributed by atoms with Crippen LogP contribution in [-0.2, 0) is 0 Å². The van der Waals surface area contributed by atoms with Gasteiger partial charge in [0.15, 0.2) is 0 Å². The SMILES string of the molecule is CCCCCCC[CH]CCCN. The van der Waals surface area contributed by atoms with E-state index in [4.69, 9.17) is 5.73 Å². The zero-order valence-corrected chi connectivity index (χ0v) is 8.52. The third-order valence-corrected chi connectivity index (χ3v) is 2.12. The van der Waals surface area contributed by atoms with Crippen molar-refractivity contribution < 1.29 is 0 Å². The fraction of sp³-hybridized carbons (Fsp3) is 0.909. The van der Waals surface area contributed by atoms with Crippen LogP contribution in [0.4, 0.5) is 0 Å². The maximum atomic E-state index is 5.39. The van der Waals surface area contributed by atoms with Gasteiger partial charge in [-0.15, -0.1) is 0 Å². The van der Waals surface area contributed by atoms with Crippen LogP contribution in [0.1, 0.15) is 58.3 Å². The molecule has 0 rings (SSSR count). The smallest absolute Gasteiger partial charge is 0.00772 e. The molecule has 1 heteroatoms. The molecule has 0 aromatic rings. The zero-order valence-electron chi connectivity index (χ0n) is 8.52. The topological polar surface area (TPSA) is 26.0 Å². The summed E-state index contributed by atoms with van der Waals surface area (Å²) >= 11 is 0. The van der Waals surface area contributed by atoms with Crippen molar-refractivity contribution in [1.29, 1.82) is 0 Å². The minimum atomic E-state index is 0.840.